The predicted octanol–water partition coefficient (Wildman–Crippen LogP) is 6.01. The molecule has 0 spiro atoms. The molecule has 7 heteroatoms. The fraction of sp³-hybridized carbons (Fsp3) is 0.258. The summed E-state index contributed by atoms with van der Waals surface area (Å²) in [4.78, 5) is 28.7. The first-order chi connectivity index (χ1) is 18.4. The number of piperazine rings is 1. The van der Waals surface area contributed by atoms with Crippen molar-refractivity contribution in [2.75, 3.05) is 36.0 Å². The lowest BCUT2D eigenvalue weighted by molar-refractivity contribution is 0.0996. The molecule has 38 heavy (non-hydrogen) atoms. The Bertz CT molecular complexity index is 1480. The van der Waals surface area contributed by atoms with Gasteiger partial charge in [0.2, 0.25) is 0 Å². The number of benzene rings is 2. The third kappa shape index (κ3) is 4.44. The van der Waals surface area contributed by atoms with E-state index in [0.29, 0.717) is 17.1 Å². The van der Waals surface area contributed by atoms with Crippen LogP contribution in [-0.4, -0.2) is 47.0 Å². The van der Waals surface area contributed by atoms with Crippen molar-refractivity contribution >= 4 is 28.9 Å². The Morgan fingerprint density at radius 3 is 2.34 bits per heavy atom. The van der Waals surface area contributed by atoms with E-state index in [0.717, 1.165) is 48.6 Å². The Hall–Kier alpha value is -3.74. The molecule has 2 aliphatic rings. The van der Waals surface area contributed by atoms with Crippen molar-refractivity contribution in [1.29, 1.82) is 0 Å². The third-order valence-corrected chi connectivity index (χ3v) is 8.24. The van der Waals surface area contributed by atoms with Gasteiger partial charge in [0.15, 0.2) is 0 Å². The summed E-state index contributed by atoms with van der Waals surface area (Å²) in [6.07, 6.45) is 7.58. The van der Waals surface area contributed by atoms with Crippen LogP contribution in [-0.2, 0) is 12.1 Å². The molecule has 0 bridgehead atoms. The number of aromatic nitrogens is 2. The van der Waals surface area contributed by atoms with Crippen LogP contribution in [0.3, 0.4) is 0 Å². The minimum atomic E-state index is -0.172. The van der Waals surface area contributed by atoms with E-state index in [1.54, 1.807) is 11.0 Å². The minimum absolute atomic E-state index is 0.0540. The number of pyridine rings is 2. The lowest BCUT2D eigenvalue weighted by Crippen LogP contribution is -2.53. The molecule has 6 rings (SSSR count). The van der Waals surface area contributed by atoms with E-state index >= 15 is 0 Å². The molecule has 2 aliphatic heterocycles. The molecule has 1 fully saturated rings. The molecule has 2 aromatic carbocycles. The molecule has 0 aliphatic carbocycles. The van der Waals surface area contributed by atoms with Crippen molar-refractivity contribution in [2.45, 2.75) is 25.9 Å². The summed E-state index contributed by atoms with van der Waals surface area (Å²) in [5.41, 5.74) is 6.72. The van der Waals surface area contributed by atoms with E-state index in [9.17, 15) is 4.79 Å². The van der Waals surface area contributed by atoms with Crippen molar-refractivity contribution in [3.63, 3.8) is 0 Å². The average molecular weight is 524 g/mol. The van der Waals surface area contributed by atoms with E-state index in [-0.39, 0.29) is 11.4 Å². The fourth-order valence-corrected chi connectivity index (χ4v) is 5.85. The van der Waals surface area contributed by atoms with Crippen LogP contribution in [0.4, 0.5) is 11.4 Å². The van der Waals surface area contributed by atoms with Crippen LogP contribution in [0.25, 0.3) is 11.1 Å². The number of hydrogen-bond acceptors (Lipinski definition) is 5. The molecule has 192 valence electrons. The second-order valence-corrected chi connectivity index (χ2v) is 10.8. The lowest BCUT2D eigenvalue weighted by atomic mass is 9.90. The summed E-state index contributed by atoms with van der Waals surface area (Å²) in [7, 11) is 0. The fourth-order valence-electron chi connectivity index (χ4n) is 5.57. The van der Waals surface area contributed by atoms with E-state index in [4.69, 9.17) is 11.6 Å². The Morgan fingerprint density at radius 1 is 0.816 bits per heavy atom. The van der Waals surface area contributed by atoms with Gasteiger partial charge >= 0.3 is 0 Å². The van der Waals surface area contributed by atoms with Gasteiger partial charge in [-0.15, -0.1) is 0 Å². The normalized spacial score (nSPS) is 16.1. The molecular formula is C31H30ClN5O. The number of hydrogen-bond donors (Lipinski definition) is 0. The number of nitrogens with zero attached hydrogens (tertiary/aromatic N) is 5. The van der Waals surface area contributed by atoms with Gasteiger partial charge < -0.3 is 9.80 Å². The maximum Gasteiger partial charge on any atom is 0.260 e. The van der Waals surface area contributed by atoms with Gasteiger partial charge in [0, 0.05) is 73.4 Å². The van der Waals surface area contributed by atoms with Crippen LogP contribution < -0.4 is 9.80 Å². The molecule has 1 saturated heterocycles. The van der Waals surface area contributed by atoms with Gasteiger partial charge in [-0.05, 0) is 66.9 Å². The van der Waals surface area contributed by atoms with Crippen molar-refractivity contribution in [3.05, 3.63) is 107 Å². The van der Waals surface area contributed by atoms with Gasteiger partial charge in [-0.25, -0.2) is 0 Å². The highest BCUT2D eigenvalue weighted by Crippen LogP contribution is 2.36. The number of carbonyl (C=O) groups excluding carboxylic acids is 1. The second-order valence-electron chi connectivity index (χ2n) is 10.4. The zero-order chi connectivity index (χ0) is 26.3. The van der Waals surface area contributed by atoms with Gasteiger partial charge in [0.1, 0.15) is 0 Å². The first kappa shape index (κ1) is 24.6. The SMILES string of the molecule is CC(C)(c1cncc(-c2cccc(N3Cc4cccc(Cl)c4C3=O)c2)c1)N1CCN(c2ccncc2)CC1. The second kappa shape index (κ2) is 9.86. The molecule has 0 unspecified atom stereocenters. The average Bonchev–Trinajstić information content (AvgIpc) is 3.31. The Kier molecular flexibility index (Phi) is 6.38. The number of amides is 1. The summed E-state index contributed by atoms with van der Waals surface area (Å²) in [5, 5.41) is 0.506. The smallest absolute Gasteiger partial charge is 0.260 e. The van der Waals surface area contributed by atoms with Crippen molar-refractivity contribution in [1.82, 2.24) is 14.9 Å². The number of rotatable bonds is 5. The molecule has 1 amide bonds. The predicted molar refractivity (Wildman–Crippen MR) is 153 cm³/mol. The largest absolute Gasteiger partial charge is 0.369 e. The summed E-state index contributed by atoms with van der Waals surface area (Å²) in [5.74, 6) is -0.0540. The monoisotopic (exact) mass is 523 g/mol. The highest BCUT2D eigenvalue weighted by atomic mass is 35.5. The van der Waals surface area contributed by atoms with Gasteiger partial charge in [-0.3, -0.25) is 19.7 Å². The van der Waals surface area contributed by atoms with Crippen LogP contribution in [0.1, 0.15) is 35.3 Å². The highest BCUT2D eigenvalue weighted by molar-refractivity contribution is 6.35. The molecule has 0 saturated carbocycles. The quantitative estimate of drug-likeness (QED) is 0.320. The zero-order valence-electron chi connectivity index (χ0n) is 21.6. The van der Waals surface area contributed by atoms with Crippen LogP contribution in [0, 0.1) is 0 Å². The highest BCUT2D eigenvalue weighted by Gasteiger charge is 2.33. The van der Waals surface area contributed by atoms with E-state index in [1.807, 2.05) is 49.1 Å². The van der Waals surface area contributed by atoms with Gasteiger partial charge in [0.25, 0.3) is 5.91 Å². The molecule has 0 atom stereocenters. The summed E-state index contributed by atoms with van der Waals surface area (Å²) >= 11 is 6.34. The van der Waals surface area contributed by atoms with E-state index < -0.39 is 0 Å². The maximum absolute atomic E-state index is 13.2. The van der Waals surface area contributed by atoms with Gasteiger partial charge in [-0.2, -0.15) is 0 Å². The van der Waals surface area contributed by atoms with Crippen molar-refractivity contribution in [3.8, 4) is 11.1 Å². The van der Waals surface area contributed by atoms with Gasteiger partial charge in [0.05, 0.1) is 17.1 Å². The number of carbonyl (C=O) groups is 1. The Labute approximate surface area is 228 Å². The number of halogens is 1. The lowest BCUT2D eigenvalue weighted by Gasteiger charge is -2.45. The van der Waals surface area contributed by atoms with E-state index in [1.165, 1.54) is 11.3 Å². The molecule has 6 nitrogen and oxygen atoms in total. The summed E-state index contributed by atoms with van der Waals surface area (Å²) in [6, 6.07) is 20.1. The van der Waals surface area contributed by atoms with Crippen LogP contribution >= 0.6 is 11.6 Å². The molecule has 2 aromatic heterocycles. The number of fused-ring (bicyclic) bond motifs is 1. The first-order valence-corrected chi connectivity index (χ1v) is 13.3. The van der Waals surface area contributed by atoms with E-state index in [2.05, 4.69) is 63.9 Å². The minimum Gasteiger partial charge on any atom is -0.369 e. The summed E-state index contributed by atoms with van der Waals surface area (Å²) in [6.45, 7) is 8.95. The Morgan fingerprint density at radius 2 is 1.58 bits per heavy atom. The Balaban J connectivity index is 1.22. The van der Waals surface area contributed by atoms with Crippen LogP contribution in [0.15, 0.2) is 85.5 Å². The molecular weight excluding hydrogens is 494 g/mol. The summed E-state index contributed by atoms with van der Waals surface area (Å²) < 4.78 is 0. The number of anilines is 2. The maximum atomic E-state index is 13.2. The van der Waals surface area contributed by atoms with Crippen LogP contribution in [0.2, 0.25) is 5.02 Å². The standard InChI is InChI=1S/C31H30ClN5O/c1-31(2,36-15-13-35(14-16-36)26-9-11-33-12-10-26)25-17-24(19-34-20-25)22-5-3-7-27(18-22)37-21-23-6-4-8-28(32)29(23)30(37)38/h3-12,17-20H,13-16,21H2,1-2H3. The molecule has 4 aromatic rings. The van der Waals surface area contributed by atoms with Gasteiger partial charge in [-0.1, -0.05) is 35.9 Å². The van der Waals surface area contributed by atoms with Crippen molar-refractivity contribution in [2.24, 2.45) is 0 Å². The van der Waals surface area contributed by atoms with Crippen molar-refractivity contribution < 1.29 is 4.79 Å². The van der Waals surface area contributed by atoms with Crippen LogP contribution in [0.5, 0.6) is 0 Å². The molecule has 4 heterocycles. The topological polar surface area (TPSA) is 52.6 Å². The third-order valence-electron chi connectivity index (χ3n) is 7.92. The molecule has 0 N–H and O–H groups in total. The molecule has 0 radical (unpaired) electrons. The zero-order valence-corrected chi connectivity index (χ0v) is 22.4. The first-order valence-electron chi connectivity index (χ1n) is 13.0.